The Hall–Kier alpha value is -1.32. The predicted molar refractivity (Wildman–Crippen MR) is 92.1 cm³/mol. The average molecular weight is 300 g/mol. The molecule has 0 bridgehead atoms. The van der Waals surface area contributed by atoms with Crippen LogP contribution < -0.4 is 10.2 Å². The summed E-state index contributed by atoms with van der Waals surface area (Å²) in [5, 5.41) is 5.72. The van der Waals surface area contributed by atoms with Crippen LogP contribution in [0, 0.1) is 5.92 Å². The number of rotatable bonds is 5. The molecule has 0 fully saturated rings. The lowest BCUT2D eigenvalue weighted by Gasteiger charge is -2.29. The van der Waals surface area contributed by atoms with Gasteiger partial charge in [-0.05, 0) is 53.6 Å². The zero-order chi connectivity index (χ0) is 14.7. The molecule has 3 heteroatoms. The third-order valence-corrected chi connectivity index (χ3v) is 5.01. The number of hydrogen-bond donors (Lipinski definition) is 1. The van der Waals surface area contributed by atoms with E-state index in [9.17, 15) is 0 Å². The van der Waals surface area contributed by atoms with Gasteiger partial charge in [-0.15, -0.1) is 11.3 Å². The maximum absolute atomic E-state index is 3.50. The Morgan fingerprint density at radius 2 is 2.00 bits per heavy atom. The molecule has 1 aliphatic heterocycles. The van der Waals surface area contributed by atoms with Gasteiger partial charge in [-0.2, -0.15) is 0 Å². The molecule has 3 rings (SSSR count). The first-order valence-electron chi connectivity index (χ1n) is 7.82. The lowest BCUT2D eigenvalue weighted by atomic mass is 10.1. The largest absolute Gasteiger partial charge is 0.367 e. The van der Waals surface area contributed by atoms with Crippen LogP contribution in [0.5, 0.6) is 0 Å². The van der Waals surface area contributed by atoms with Crippen LogP contribution in [0.25, 0.3) is 0 Å². The van der Waals surface area contributed by atoms with Crippen molar-refractivity contribution in [2.24, 2.45) is 5.92 Å². The van der Waals surface area contributed by atoms with Crippen LogP contribution in [0.1, 0.15) is 29.9 Å². The van der Waals surface area contributed by atoms with E-state index in [1.165, 1.54) is 23.2 Å². The molecule has 0 saturated heterocycles. The van der Waals surface area contributed by atoms with Crippen molar-refractivity contribution in [2.45, 2.75) is 33.4 Å². The second kappa shape index (κ2) is 6.63. The Morgan fingerprint density at radius 3 is 2.76 bits per heavy atom. The fourth-order valence-corrected chi connectivity index (χ4v) is 3.69. The van der Waals surface area contributed by atoms with E-state index in [1.54, 1.807) is 4.88 Å². The highest BCUT2D eigenvalue weighted by molar-refractivity contribution is 7.10. The van der Waals surface area contributed by atoms with Gasteiger partial charge in [0, 0.05) is 30.2 Å². The number of fused-ring (bicyclic) bond motifs is 1. The van der Waals surface area contributed by atoms with E-state index < -0.39 is 0 Å². The van der Waals surface area contributed by atoms with Gasteiger partial charge in [-0.3, -0.25) is 0 Å². The molecular formula is C18H24N2S. The van der Waals surface area contributed by atoms with Crippen molar-refractivity contribution < 1.29 is 0 Å². The SMILES string of the molecule is CC(C)CNCc1ccc(N2CCc3sccc3C2)cc1. The van der Waals surface area contributed by atoms with Crippen LogP contribution in [0.15, 0.2) is 35.7 Å². The maximum atomic E-state index is 3.50. The van der Waals surface area contributed by atoms with E-state index in [2.05, 4.69) is 59.8 Å². The van der Waals surface area contributed by atoms with E-state index in [0.717, 1.165) is 26.2 Å². The van der Waals surface area contributed by atoms with Crippen molar-refractivity contribution in [3.8, 4) is 0 Å². The van der Waals surface area contributed by atoms with Gasteiger partial charge in [0.15, 0.2) is 0 Å². The first-order chi connectivity index (χ1) is 10.2. The van der Waals surface area contributed by atoms with Gasteiger partial charge >= 0.3 is 0 Å². The van der Waals surface area contributed by atoms with Crippen molar-refractivity contribution in [1.29, 1.82) is 0 Å². The van der Waals surface area contributed by atoms with Gasteiger partial charge < -0.3 is 10.2 Å². The molecule has 0 radical (unpaired) electrons. The number of nitrogens with zero attached hydrogens (tertiary/aromatic N) is 1. The van der Waals surface area contributed by atoms with E-state index in [-0.39, 0.29) is 0 Å². The molecule has 0 unspecified atom stereocenters. The van der Waals surface area contributed by atoms with Gasteiger partial charge in [0.1, 0.15) is 0 Å². The van der Waals surface area contributed by atoms with Crippen LogP contribution in [0.4, 0.5) is 5.69 Å². The van der Waals surface area contributed by atoms with Crippen molar-refractivity contribution >= 4 is 17.0 Å². The number of benzene rings is 1. The summed E-state index contributed by atoms with van der Waals surface area (Å²) in [4.78, 5) is 4.06. The Kier molecular flexibility index (Phi) is 4.61. The second-order valence-electron chi connectivity index (χ2n) is 6.23. The molecule has 2 aromatic rings. The molecule has 1 N–H and O–H groups in total. The summed E-state index contributed by atoms with van der Waals surface area (Å²) in [6.45, 7) is 8.72. The number of hydrogen-bond acceptors (Lipinski definition) is 3. The third kappa shape index (κ3) is 3.66. The molecule has 21 heavy (non-hydrogen) atoms. The number of thiophene rings is 1. The normalized spacial score (nSPS) is 14.5. The fourth-order valence-electron chi connectivity index (χ4n) is 2.80. The van der Waals surface area contributed by atoms with Crippen molar-refractivity contribution in [2.75, 3.05) is 18.0 Å². The van der Waals surface area contributed by atoms with Crippen LogP contribution in [-0.4, -0.2) is 13.1 Å². The Bertz CT molecular complexity index is 571. The summed E-state index contributed by atoms with van der Waals surface area (Å²) in [5.74, 6) is 0.706. The minimum absolute atomic E-state index is 0.706. The van der Waals surface area contributed by atoms with E-state index in [1.807, 2.05) is 11.3 Å². The Balaban J connectivity index is 1.60. The molecule has 112 valence electrons. The van der Waals surface area contributed by atoms with Crippen molar-refractivity contribution in [1.82, 2.24) is 5.32 Å². The maximum Gasteiger partial charge on any atom is 0.0440 e. The van der Waals surface area contributed by atoms with E-state index >= 15 is 0 Å². The zero-order valence-electron chi connectivity index (χ0n) is 12.9. The first-order valence-corrected chi connectivity index (χ1v) is 8.70. The number of anilines is 1. The fraction of sp³-hybridized carbons (Fsp3) is 0.444. The van der Waals surface area contributed by atoms with Gasteiger partial charge in [0.2, 0.25) is 0 Å². The quantitative estimate of drug-likeness (QED) is 0.896. The highest BCUT2D eigenvalue weighted by atomic mass is 32.1. The molecule has 0 amide bonds. The topological polar surface area (TPSA) is 15.3 Å². The van der Waals surface area contributed by atoms with Crippen LogP contribution >= 0.6 is 11.3 Å². The third-order valence-electron chi connectivity index (χ3n) is 3.99. The molecular weight excluding hydrogens is 276 g/mol. The van der Waals surface area contributed by atoms with Gasteiger partial charge in [0.25, 0.3) is 0 Å². The molecule has 0 saturated carbocycles. The highest BCUT2D eigenvalue weighted by Crippen LogP contribution is 2.27. The molecule has 0 spiro atoms. The summed E-state index contributed by atoms with van der Waals surface area (Å²) < 4.78 is 0. The first kappa shape index (κ1) is 14.6. The Morgan fingerprint density at radius 1 is 1.19 bits per heavy atom. The predicted octanol–water partition coefficient (Wildman–Crippen LogP) is 4.06. The summed E-state index contributed by atoms with van der Waals surface area (Å²) in [6.07, 6.45) is 1.19. The summed E-state index contributed by atoms with van der Waals surface area (Å²) in [6, 6.07) is 11.3. The lowest BCUT2D eigenvalue weighted by Crippen LogP contribution is -2.29. The summed E-state index contributed by atoms with van der Waals surface area (Å²) in [5.41, 5.74) is 4.22. The zero-order valence-corrected chi connectivity index (χ0v) is 13.7. The second-order valence-corrected chi connectivity index (χ2v) is 7.23. The molecule has 2 nitrogen and oxygen atoms in total. The van der Waals surface area contributed by atoms with Crippen molar-refractivity contribution in [3.05, 3.63) is 51.7 Å². The van der Waals surface area contributed by atoms with Crippen LogP contribution in [0.3, 0.4) is 0 Å². The minimum atomic E-state index is 0.706. The smallest absolute Gasteiger partial charge is 0.0440 e. The molecule has 2 heterocycles. The lowest BCUT2D eigenvalue weighted by molar-refractivity contribution is 0.552. The Labute approximate surface area is 131 Å². The summed E-state index contributed by atoms with van der Waals surface area (Å²) >= 11 is 1.90. The molecule has 1 aliphatic rings. The minimum Gasteiger partial charge on any atom is -0.367 e. The van der Waals surface area contributed by atoms with E-state index in [0.29, 0.717) is 5.92 Å². The van der Waals surface area contributed by atoms with Crippen molar-refractivity contribution in [3.63, 3.8) is 0 Å². The van der Waals surface area contributed by atoms with Gasteiger partial charge in [-0.1, -0.05) is 26.0 Å². The summed E-state index contributed by atoms with van der Waals surface area (Å²) in [7, 11) is 0. The standard InChI is InChI=1S/C18H24N2S/c1-14(2)11-19-12-15-3-5-17(6-4-15)20-9-7-18-16(13-20)8-10-21-18/h3-6,8,10,14,19H,7,9,11-13H2,1-2H3. The number of nitrogens with one attached hydrogen (secondary N) is 1. The van der Waals surface area contributed by atoms with Gasteiger partial charge in [0.05, 0.1) is 0 Å². The van der Waals surface area contributed by atoms with Crippen LogP contribution in [0.2, 0.25) is 0 Å². The van der Waals surface area contributed by atoms with Gasteiger partial charge in [-0.25, -0.2) is 0 Å². The van der Waals surface area contributed by atoms with E-state index in [4.69, 9.17) is 0 Å². The molecule has 1 aromatic heterocycles. The average Bonchev–Trinajstić information content (AvgIpc) is 2.95. The highest BCUT2D eigenvalue weighted by Gasteiger charge is 2.17. The van der Waals surface area contributed by atoms with Crippen LogP contribution in [-0.2, 0) is 19.5 Å². The molecule has 0 atom stereocenters. The molecule has 1 aromatic carbocycles. The molecule has 0 aliphatic carbocycles. The monoisotopic (exact) mass is 300 g/mol.